The molecule has 2 N–H and O–H groups in total. The Balaban J connectivity index is 4.87. The van der Waals surface area contributed by atoms with E-state index in [0.29, 0.717) is 25.7 Å². The molecule has 0 saturated heterocycles. The van der Waals surface area contributed by atoms with Crippen LogP contribution in [0.5, 0.6) is 0 Å². The smallest absolute Gasteiger partial charge is 0.462 e. The van der Waals surface area contributed by atoms with Crippen LogP contribution >= 0.6 is 7.82 Å². The van der Waals surface area contributed by atoms with E-state index < -0.39 is 57.8 Å². The van der Waals surface area contributed by atoms with E-state index in [9.17, 15) is 28.9 Å². The minimum Gasteiger partial charge on any atom is -0.462 e. The van der Waals surface area contributed by atoms with E-state index in [4.69, 9.17) is 23.3 Å². The van der Waals surface area contributed by atoms with Gasteiger partial charge in [-0.15, -0.1) is 0 Å². The SMILES string of the molecule is CC/C=C\C/C=C\C/C=C\C/C=C\C/C=C\CCCCCC(=O)OCC(COP(=O)(O)OCC(CO)OC(=O)CCCCCCCCC/C=C\C/C=C\CCCCC)OC(=O)CCC/C=C\C/C=C\C/C=C\C/C=C\C/C=C\CC. The van der Waals surface area contributed by atoms with Crippen molar-refractivity contribution in [1.82, 2.24) is 0 Å². The molecule has 0 aliphatic heterocycles. The number of unbranched alkanes of at least 4 members (excludes halogenated alkanes) is 14. The zero-order valence-corrected chi connectivity index (χ0v) is 50.9. The lowest BCUT2D eigenvalue weighted by atomic mass is 10.1. The van der Waals surface area contributed by atoms with Gasteiger partial charge in [-0.3, -0.25) is 23.4 Å². The quantitative estimate of drug-likeness (QED) is 0.0197. The van der Waals surface area contributed by atoms with E-state index in [2.05, 4.69) is 154 Å². The molecule has 0 aliphatic rings. The largest absolute Gasteiger partial charge is 0.472 e. The fourth-order valence-electron chi connectivity index (χ4n) is 7.62. The maximum atomic E-state index is 12.9. The van der Waals surface area contributed by atoms with Gasteiger partial charge in [-0.25, -0.2) is 4.57 Å². The summed E-state index contributed by atoms with van der Waals surface area (Å²) in [7, 11) is -4.79. The Hall–Kier alpha value is -4.64. The van der Waals surface area contributed by atoms with Gasteiger partial charge >= 0.3 is 25.7 Å². The van der Waals surface area contributed by atoms with Crippen LogP contribution in [0.15, 0.2) is 146 Å². The molecular weight excluding hydrogens is 1020 g/mol. The molecule has 0 bridgehead atoms. The lowest BCUT2D eigenvalue weighted by Crippen LogP contribution is -2.30. The van der Waals surface area contributed by atoms with Crippen molar-refractivity contribution >= 4 is 25.7 Å². The van der Waals surface area contributed by atoms with E-state index in [-0.39, 0.29) is 25.9 Å². The predicted octanol–water partition coefficient (Wildman–Crippen LogP) is 18.7. The van der Waals surface area contributed by atoms with E-state index in [1.165, 1.54) is 38.5 Å². The summed E-state index contributed by atoms with van der Waals surface area (Å²) < 4.78 is 39.5. The van der Waals surface area contributed by atoms with Crippen LogP contribution < -0.4 is 0 Å². The first-order valence-electron chi connectivity index (χ1n) is 30.7. The molecule has 12 heteroatoms. The van der Waals surface area contributed by atoms with Gasteiger partial charge in [0.05, 0.1) is 19.8 Å². The van der Waals surface area contributed by atoms with Crippen molar-refractivity contribution < 1.29 is 52.2 Å². The van der Waals surface area contributed by atoms with Crippen LogP contribution in [-0.4, -0.2) is 66.5 Å². The van der Waals surface area contributed by atoms with E-state index in [1.807, 2.05) is 12.2 Å². The number of hydrogen-bond donors (Lipinski definition) is 2. The molecule has 0 fully saturated rings. The molecule has 0 saturated carbocycles. The molecule has 0 spiro atoms. The lowest BCUT2D eigenvalue weighted by molar-refractivity contribution is -0.161. The highest BCUT2D eigenvalue weighted by Crippen LogP contribution is 2.43. The van der Waals surface area contributed by atoms with Crippen LogP contribution in [0.25, 0.3) is 0 Å². The average Bonchev–Trinajstić information content (AvgIpc) is 3.45. The Labute approximate surface area is 486 Å². The fraction of sp³-hybridized carbons (Fsp3) is 0.603. The van der Waals surface area contributed by atoms with Crippen molar-refractivity contribution in [3.05, 3.63) is 146 Å². The molecule has 452 valence electrons. The monoisotopic (exact) mass is 1130 g/mol. The lowest BCUT2D eigenvalue weighted by Gasteiger charge is -2.21. The van der Waals surface area contributed by atoms with Crippen LogP contribution in [-0.2, 0) is 42.2 Å². The molecule has 3 atom stereocenters. The number of carbonyl (C=O) groups is 3. The van der Waals surface area contributed by atoms with Gasteiger partial charge in [-0.2, -0.15) is 0 Å². The van der Waals surface area contributed by atoms with Crippen LogP contribution in [0.2, 0.25) is 0 Å². The highest BCUT2D eigenvalue weighted by Gasteiger charge is 2.28. The van der Waals surface area contributed by atoms with Gasteiger partial charge in [0.25, 0.3) is 0 Å². The standard InChI is InChI=1S/C68H109O11P/c1-4-7-10-13-16-19-22-25-28-31-32-35-36-39-42-45-48-51-54-57-66(70)75-61-65(79-68(72)59-56-53-50-47-44-41-38-34-30-27-24-21-18-15-12-9-6-3)63-77-80(73,74)76-62-64(60-69)78-67(71)58-55-52-49-46-43-40-37-33-29-26-23-20-17-14-11-8-5-2/h7,9-10,12,16-21,25-30,32,35,38-39,41-42,47,50,64-65,69H,4-6,8,11,13-15,22-24,31,33-34,36-37,40,43-46,48-49,51-63H2,1-3H3,(H,73,74)/b10-7-,12-9-,19-16-,20-17-,21-18-,28-25-,29-26-,30-27-,35-32-,41-38-,42-39-,50-47-. The Bertz CT molecular complexity index is 1900. The summed E-state index contributed by atoms with van der Waals surface area (Å²) in [5, 5.41) is 9.84. The molecule has 11 nitrogen and oxygen atoms in total. The molecule has 80 heavy (non-hydrogen) atoms. The maximum absolute atomic E-state index is 12.9. The summed E-state index contributed by atoms with van der Waals surface area (Å²) in [4.78, 5) is 48.7. The third-order valence-corrected chi connectivity index (χ3v) is 13.2. The second-order valence-corrected chi connectivity index (χ2v) is 21.2. The van der Waals surface area contributed by atoms with Gasteiger partial charge < -0.3 is 24.2 Å². The number of aliphatic hydroxyl groups excluding tert-OH is 1. The Kier molecular flexibility index (Phi) is 56.9. The fourth-order valence-corrected chi connectivity index (χ4v) is 8.41. The summed E-state index contributed by atoms with van der Waals surface area (Å²) in [5.41, 5.74) is 0. The number of rotatable bonds is 55. The molecule has 0 aromatic carbocycles. The number of hydrogen-bond acceptors (Lipinski definition) is 10. The van der Waals surface area contributed by atoms with Crippen LogP contribution in [0.1, 0.15) is 226 Å². The predicted molar refractivity (Wildman–Crippen MR) is 334 cm³/mol. The molecular formula is C68H109O11P. The molecule has 0 radical (unpaired) electrons. The van der Waals surface area contributed by atoms with Crippen molar-refractivity contribution in [1.29, 1.82) is 0 Å². The minimum atomic E-state index is -4.79. The summed E-state index contributed by atoms with van der Waals surface area (Å²) in [5.74, 6) is -1.60. The van der Waals surface area contributed by atoms with Gasteiger partial charge in [-0.1, -0.05) is 218 Å². The maximum Gasteiger partial charge on any atom is 0.472 e. The Morgan fingerprint density at radius 3 is 1.06 bits per heavy atom. The zero-order chi connectivity index (χ0) is 58.3. The van der Waals surface area contributed by atoms with Crippen LogP contribution in [0.4, 0.5) is 0 Å². The average molecular weight is 1130 g/mol. The zero-order valence-electron chi connectivity index (χ0n) is 50.0. The first-order chi connectivity index (χ1) is 39.2. The third kappa shape index (κ3) is 58.0. The number of allylic oxidation sites excluding steroid dienone is 24. The third-order valence-electron chi connectivity index (χ3n) is 12.2. The normalized spacial score (nSPS) is 14.3. The van der Waals surface area contributed by atoms with Crippen molar-refractivity contribution in [2.45, 2.75) is 238 Å². The van der Waals surface area contributed by atoms with E-state index in [0.717, 1.165) is 122 Å². The van der Waals surface area contributed by atoms with Gasteiger partial charge in [0.2, 0.25) is 0 Å². The van der Waals surface area contributed by atoms with Crippen molar-refractivity contribution in [2.75, 3.05) is 26.4 Å². The number of carbonyl (C=O) groups excluding carboxylic acids is 3. The Morgan fingerprint density at radius 1 is 0.362 bits per heavy atom. The molecule has 0 heterocycles. The van der Waals surface area contributed by atoms with Gasteiger partial charge in [0, 0.05) is 19.3 Å². The van der Waals surface area contributed by atoms with Crippen LogP contribution in [0, 0.1) is 0 Å². The second kappa shape index (κ2) is 60.5. The summed E-state index contributed by atoms with van der Waals surface area (Å²) in [6.07, 6.45) is 78.0. The molecule has 0 aliphatic carbocycles. The van der Waals surface area contributed by atoms with Crippen molar-refractivity contribution in [2.24, 2.45) is 0 Å². The van der Waals surface area contributed by atoms with Crippen molar-refractivity contribution in [3.63, 3.8) is 0 Å². The van der Waals surface area contributed by atoms with Gasteiger partial charge in [-0.05, 0) is 135 Å². The Morgan fingerprint density at radius 2 is 0.662 bits per heavy atom. The molecule has 0 rings (SSSR count). The number of aliphatic hydroxyl groups is 1. The van der Waals surface area contributed by atoms with Gasteiger partial charge in [0.1, 0.15) is 12.7 Å². The number of esters is 3. The topological polar surface area (TPSA) is 155 Å². The number of phosphoric acid groups is 1. The summed E-state index contributed by atoms with van der Waals surface area (Å²) in [6, 6.07) is 0. The molecule has 0 aromatic heterocycles. The van der Waals surface area contributed by atoms with Crippen molar-refractivity contribution in [3.8, 4) is 0 Å². The minimum absolute atomic E-state index is 0.0728. The summed E-state index contributed by atoms with van der Waals surface area (Å²) in [6.45, 7) is 4.27. The molecule has 0 aromatic rings. The second-order valence-electron chi connectivity index (χ2n) is 19.7. The molecule has 3 unspecified atom stereocenters. The first-order valence-corrected chi connectivity index (χ1v) is 32.2. The highest BCUT2D eigenvalue weighted by molar-refractivity contribution is 7.47. The van der Waals surface area contributed by atoms with Gasteiger partial charge in [0.15, 0.2) is 6.10 Å². The van der Waals surface area contributed by atoms with E-state index in [1.54, 1.807) is 0 Å². The summed E-state index contributed by atoms with van der Waals surface area (Å²) >= 11 is 0. The number of ether oxygens (including phenoxy) is 3. The van der Waals surface area contributed by atoms with E-state index >= 15 is 0 Å². The van der Waals surface area contributed by atoms with Crippen LogP contribution in [0.3, 0.4) is 0 Å². The highest BCUT2D eigenvalue weighted by atomic mass is 31.2. The molecule has 0 amide bonds. The first kappa shape index (κ1) is 75.4. The number of phosphoric ester groups is 1.